The number of aliphatic hydroxyl groups excluding tert-OH is 2. The third kappa shape index (κ3) is 29.6. The van der Waals surface area contributed by atoms with Crippen molar-refractivity contribution in [2.75, 3.05) is 65.4 Å². The molecule has 17 amide bonds. The molecular weight excluding hydrogens is 1800 g/mol. The Morgan fingerprint density at radius 1 is 0.551 bits per heavy atom. The summed E-state index contributed by atoms with van der Waals surface area (Å²) in [6, 6.07) is 1.44. The number of guanidine groups is 1. The molecule has 15 atom stereocenters. The summed E-state index contributed by atoms with van der Waals surface area (Å²) in [6.07, 6.45) is 1.20. The van der Waals surface area contributed by atoms with E-state index >= 15 is 38.4 Å². The normalized spacial score (nSPS) is 24.7. The fraction of sp³-hybridized carbons (Fsp3) is 0.522. The van der Waals surface area contributed by atoms with Crippen molar-refractivity contribution in [1.82, 2.24) is 93.0 Å². The van der Waals surface area contributed by atoms with Crippen molar-refractivity contribution in [2.45, 2.75) is 234 Å². The van der Waals surface area contributed by atoms with Crippen LogP contribution in [0.4, 0.5) is 0 Å². The zero-order valence-electron chi connectivity index (χ0n) is 77.6. The number of aliphatic hydroxyl groups is 2. The number of likely N-dealkylation sites (N-methyl/N-ethyl adjacent to an activating group) is 3. The predicted molar refractivity (Wildman–Crippen MR) is 506 cm³/mol. The molecule has 3 aliphatic heterocycles. The first-order chi connectivity index (χ1) is 64.8. The van der Waals surface area contributed by atoms with Crippen LogP contribution in [0.15, 0.2) is 103 Å². The Morgan fingerprint density at radius 2 is 1.13 bits per heavy atom. The number of aromatic nitrogens is 2. The average Bonchev–Trinajstić information content (AvgIpc) is 1.65. The van der Waals surface area contributed by atoms with Crippen molar-refractivity contribution in [2.24, 2.45) is 23.1 Å². The summed E-state index contributed by atoms with van der Waals surface area (Å²) in [5.74, 6) is -17.9. The third-order valence-electron chi connectivity index (χ3n) is 24.3. The summed E-state index contributed by atoms with van der Waals surface area (Å²) in [5, 5.41) is 73.0. The van der Waals surface area contributed by atoms with Crippen molar-refractivity contribution in [3.05, 3.63) is 125 Å². The van der Waals surface area contributed by atoms with Gasteiger partial charge in [0.25, 0.3) is 0 Å². The van der Waals surface area contributed by atoms with Gasteiger partial charge < -0.3 is 125 Å². The summed E-state index contributed by atoms with van der Waals surface area (Å²) >= 11 is 2.11. The lowest BCUT2D eigenvalue weighted by molar-refractivity contribution is -0.149. The Labute approximate surface area is 795 Å². The molecule has 0 saturated carbocycles. The molecule has 0 unspecified atom stereocenters. The van der Waals surface area contributed by atoms with Gasteiger partial charge in [-0.3, -0.25) is 86.9 Å². The van der Waals surface area contributed by atoms with Crippen LogP contribution in [0.25, 0.3) is 21.0 Å². The van der Waals surface area contributed by atoms with Crippen molar-refractivity contribution in [3.8, 4) is 5.75 Å². The number of benzene rings is 3. The molecule has 3 aromatic carbocycles. The molecule has 42 nitrogen and oxygen atoms in total. The average molecular weight is 1930 g/mol. The number of aromatic amines is 2. The SMILES string of the molecule is CCCC[C@H]1C(=O)N(C)[C@@H](CCCC)C(=O)N[C@@H](CCCNC(=N)N)C(=O)N[C@H](C(=O)NCC(N)=O)CSCC(=O)N[C@@H](Cc2ccc(O)cc2)C(=O)N(C)[C@@H](C)C(=O)N[C@@H](CC(N)=O)C(=O)N2C[C@H](O)C[C@H]2C(=O)N[C@@H](Cc2ccc[nH]2)C(=O)N[C@@H](CC(C)C)C(=O)N2CCC[C@H]2C(=O)N[C@@H](Cc2c[nH]c3ccccc23)C(=O)N[C@@H](CO)C(=O)N[C@@H](Cc2csc3ccccc23)C(=O)N1C. The fourth-order valence-electron chi connectivity index (χ4n) is 16.8. The van der Waals surface area contributed by atoms with Gasteiger partial charge in [-0.05, 0) is 122 Å². The molecule has 0 radical (unpaired) electrons. The molecule has 44 heteroatoms. The molecular formula is C92H128N22O20S2. The van der Waals surface area contributed by atoms with Crippen LogP contribution in [0.1, 0.15) is 140 Å². The van der Waals surface area contributed by atoms with E-state index in [4.69, 9.17) is 22.6 Å². The van der Waals surface area contributed by atoms with E-state index in [2.05, 4.69) is 68.5 Å². The van der Waals surface area contributed by atoms with Gasteiger partial charge in [-0.2, -0.15) is 0 Å². The number of fused-ring (bicyclic) bond motifs is 4. The van der Waals surface area contributed by atoms with Crippen LogP contribution in [0.2, 0.25) is 0 Å². The Balaban J connectivity index is 1.10. The first kappa shape index (κ1) is 106. The molecule has 3 aromatic heterocycles. The van der Waals surface area contributed by atoms with Crippen LogP contribution in [0.5, 0.6) is 5.75 Å². The van der Waals surface area contributed by atoms with Gasteiger partial charge in [0.15, 0.2) is 5.96 Å². The van der Waals surface area contributed by atoms with Crippen molar-refractivity contribution < 1.29 is 96.8 Å². The minimum absolute atomic E-state index is 0.00535. The third-order valence-corrected chi connectivity index (χ3v) is 26.4. The number of para-hydroxylation sites is 1. The van der Waals surface area contributed by atoms with Gasteiger partial charge in [0.2, 0.25) is 100 Å². The monoisotopic (exact) mass is 1920 g/mol. The Kier molecular flexibility index (Phi) is 39.9. The number of phenols is 1. The first-order valence-corrected chi connectivity index (χ1v) is 47.7. The van der Waals surface area contributed by atoms with Gasteiger partial charge in [0.1, 0.15) is 90.3 Å². The van der Waals surface area contributed by atoms with E-state index in [9.17, 15) is 58.5 Å². The molecule has 738 valence electrons. The number of carbonyl (C=O) groups is 17. The van der Waals surface area contributed by atoms with E-state index in [1.54, 1.807) is 74.1 Å². The van der Waals surface area contributed by atoms with E-state index in [0.717, 1.165) is 41.4 Å². The molecule has 3 saturated heterocycles. The molecule has 0 aliphatic carbocycles. The number of nitrogens with one attached hydrogen (secondary N) is 14. The number of hydrogen-bond acceptors (Lipinski definition) is 23. The lowest BCUT2D eigenvalue weighted by Crippen LogP contribution is -2.62. The van der Waals surface area contributed by atoms with Crippen molar-refractivity contribution in [3.63, 3.8) is 0 Å². The lowest BCUT2D eigenvalue weighted by Gasteiger charge is -2.36. The van der Waals surface area contributed by atoms with E-state index in [1.165, 1.54) is 68.6 Å². The predicted octanol–water partition coefficient (Wildman–Crippen LogP) is -1.59. The Morgan fingerprint density at radius 3 is 1.79 bits per heavy atom. The number of thioether (sulfide) groups is 1. The van der Waals surface area contributed by atoms with Crippen LogP contribution in [0, 0.1) is 11.3 Å². The largest absolute Gasteiger partial charge is 0.508 e. The van der Waals surface area contributed by atoms with Gasteiger partial charge >= 0.3 is 0 Å². The summed E-state index contributed by atoms with van der Waals surface area (Å²) < 4.78 is 0.821. The fourth-order valence-corrected chi connectivity index (χ4v) is 18.6. The number of amides is 17. The molecule has 0 spiro atoms. The van der Waals surface area contributed by atoms with Crippen LogP contribution >= 0.6 is 23.1 Å². The summed E-state index contributed by atoms with van der Waals surface area (Å²) in [7, 11) is 3.92. The van der Waals surface area contributed by atoms with Crippen LogP contribution < -0.4 is 75.7 Å². The number of phenolic OH excluding ortho intramolecular Hbond substituents is 1. The molecule has 136 heavy (non-hydrogen) atoms. The second kappa shape index (κ2) is 50.9. The van der Waals surface area contributed by atoms with Gasteiger partial charge in [0, 0.05) is 112 Å². The van der Waals surface area contributed by atoms with Crippen LogP contribution in [-0.2, 0) is 107 Å². The summed E-state index contributed by atoms with van der Waals surface area (Å²) in [6.45, 7) is 6.12. The maximum Gasteiger partial charge on any atom is 0.246 e. The minimum Gasteiger partial charge on any atom is -0.508 e. The molecule has 3 aliphatic rings. The molecule has 3 fully saturated rings. The van der Waals surface area contributed by atoms with Gasteiger partial charge in [-0.1, -0.05) is 102 Å². The smallest absolute Gasteiger partial charge is 0.246 e. The molecule has 23 N–H and O–H groups in total. The van der Waals surface area contributed by atoms with E-state index in [0.29, 0.717) is 59.0 Å². The highest BCUT2D eigenvalue weighted by molar-refractivity contribution is 8.00. The number of rotatable bonds is 26. The lowest BCUT2D eigenvalue weighted by atomic mass is 10.00. The van der Waals surface area contributed by atoms with Crippen LogP contribution in [-0.4, -0.2) is 312 Å². The number of aromatic hydroxyl groups is 1. The second-order valence-corrected chi connectivity index (χ2v) is 36.9. The standard InChI is InChI=1S/C92H128N22O20S2/c1-9-11-25-70-84(127)102-61(24-18-34-98-92(95)96)80(123)109-69(79(122)100-44-76(94)119)48-135-49-77(120)101-65(37-52-29-31-56(116)32-30-52)87(130)110(6)51(5)78(121)105-67(42-75(93)118)90(133)114-45-57(117)41-73(114)86(129)104-63(40-55-20-17-33-97-55)82(125)106-64(36-50(3)4)89(132)113-35-19-27-71(113)85(128)103-62(38-53-43-99-60-23-15-13-21-58(53)60)81(124)108-68(46-115)83(126)107-66(39-54-47-136-74-28-16-14-22-59(54)74)88(131)112(8)72(26-12-10-2)91(134)111(70)7/h13-17,20-23,28-33,43,47,50-51,57,61-73,97,99,115-117H,9-12,18-19,24-27,34-42,44-46,48-49H2,1-8H3,(H2,93,118)(H2,94,119)(H,100,122)(H,101,120)(H,102,127)(H,103,128)(H,104,129)(H,105,121)(H,106,125)(H,107,126)(H,108,124)(H,109,123)(H4,95,96,98)/t51-,57+,61-,62-,63-,64-,65-,66-,67-,68-,69-,70-,71-,72-,73-/m0/s1. The van der Waals surface area contributed by atoms with Gasteiger partial charge in [-0.15, -0.1) is 23.1 Å². The molecule has 6 aromatic rings. The van der Waals surface area contributed by atoms with Crippen LogP contribution in [0.3, 0.4) is 0 Å². The second-order valence-electron chi connectivity index (χ2n) is 35.0. The van der Waals surface area contributed by atoms with Crippen molar-refractivity contribution in [1.29, 1.82) is 5.41 Å². The quantitative estimate of drug-likeness (QED) is 0.0165. The molecule has 9 rings (SSSR count). The summed E-state index contributed by atoms with van der Waals surface area (Å²) in [5.41, 5.74) is 19.4. The van der Waals surface area contributed by atoms with Gasteiger partial charge in [-0.25, -0.2) is 0 Å². The zero-order valence-corrected chi connectivity index (χ0v) is 79.2. The number of primary amides is 2. The Hall–Kier alpha value is -13.2. The molecule has 0 bridgehead atoms. The number of nitrogens with zero attached hydrogens (tertiary/aromatic N) is 5. The highest BCUT2D eigenvalue weighted by Crippen LogP contribution is 2.30. The number of unbranched alkanes of at least 4 members (excludes halogenated alkanes) is 2. The Bertz CT molecular complexity index is 5250. The van der Waals surface area contributed by atoms with Gasteiger partial charge in [0.05, 0.1) is 31.4 Å². The van der Waals surface area contributed by atoms with E-state index in [1.807, 2.05) is 32.0 Å². The van der Waals surface area contributed by atoms with E-state index < -0.39 is 241 Å². The van der Waals surface area contributed by atoms with Crippen molar-refractivity contribution >= 4 is 150 Å². The number of thiophene rings is 1. The topological polar surface area (TPSA) is 633 Å². The molecule has 6 heterocycles. The highest BCUT2D eigenvalue weighted by Gasteiger charge is 2.47. The van der Waals surface area contributed by atoms with E-state index in [-0.39, 0.29) is 95.4 Å². The number of H-pyrrole nitrogens is 2. The number of nitrogens with two attached hydrogens (primary N) is 3. The highest BCUT2D eigenvalue weighted by atomic mass is 32.2. The summed E-state index contributed by atoms with van der Waals surface area (Å²) in [4.78, 5) is 262. The minimum atomic E-state index is -1.88. The number of hydrogen-bond donors (Lipinski definition) is 20. The number of carbonyl (C=O) groups excluding carboxylic acids is 17. The maximum atomic E-state index is 15.8. The zero-order chi connectivity index (χ0) is 99.3. The maximum absolute atomic E-state index is 15.8. The first-order valence-electron chi connectivity index (χ1n) is 45.6.